The highest BCUT2D eigenvalue weighted by Crippen LogP contribution is 2.43. The molecule has 220 valence electrons. The van der Waals surface area contributed by atoms with E-state index in [0.717, 1.165) is 71.3 Å². The van der Waals surface area contributed by atoms with E-state index < -0.39 is 0 Å². The van der Waals surface area contributed by atoms with E-state index >= 15 is 0 Å². The lowest BCUT2D eigenvalue weighted by atomic mass is 9.82. The highest BCUT2D eigenvalue weighted by Gasteiger charge is 2.29. The number of hydrogen-bond acceptors (Lipinski definition) is 10. The molecule has 2 amide bonds. The summed E-state index contributed by atoms with van der Waals surface area (Å²) in [5.74, 6) is 0.271. The molecule has 0 spiro atoms. The maximum absolute atomic E-state index is 12.7. The molecule has 12 heteroatoms. The van der Waals surface area contributed by atoms with Crippen molar-refractivity contribution in [3.63, 3.8) is 0 Å². The van der Waals surface area contributed by atoms with E-state index in [1.54, 1.807) is 0 Å². The number of amides is 2. The first-order valence-corrected chi connectivity index (χ1v) is 16.0. The monoisotopic (exact) mass is 604 g/mol. The smallest absolute Gasteiger partial charge is 0.230 e. The first-order chi connectivity index (χ1) is 20.5. The molecule has 2 aromatic carbocycles. The van der Waals surface area contributed by atoms with E-state index in [1.807, 2.05) is 62.4 Å². The normalized spacial score (nSPS) is 16.5. The molecule has 1 aliphatic carbocycles. The van der Waals surface area contributed by atoms with Crippen LogP contribution in [0.4, 0.5) is 21.6 Å². The molecular formula is C30H36N8O2S2. The van der Waals surface area contributed by atoms with Crippen LogP contribution in [0.25, 0.3) is 0 Å². The van der Waals surface area contributed by atoms with Crippen LogP contribution < -0.4 is 21.3 Å². The Hall–Kier alpha value is -3.90. The minimum absolute atomic E-state index is 0.110. The van der Waals surface area contributed by atoms with Crippen molar-refractivity contribution in [2.45, 2.75) is 64.2 Å². The molecule has 4 N–H and O–H groups in total. The summed E-state index contributed by atoms with van der Waals surface area (Å²) in [6, 6.07) is 15.8. The minimum Gasteiger partial charge on any atom is -0.385 e. The van der Waals surface area contributed by atoms with Crippen LogP contribution in [0.1, 0.15) is 72.5 Å². The first-order valence-electron chi connectivity index (χ1n) is 14.4. The average molecular weight is 605 g/mol. The Morgan fingerprint density at radius 3 is 1.67 bits per heavy atom. The number of benzene rings is 2. The number of carbonyl (C=O) groups is 2. The number of rotatable bonds is 12. The van der Waals surface area contributed by atoms with Gasteiger partial charge in [0.1, 0.15) is 10.0 Å². The summed E-state index contributed by atoms with van der Waals surface area (Å²) in [7, 11) is 0. The summed E-state index contributed by atoms with van der Waals surface area (Å²) in [6.45, 7) is 5.74. The van der Waals surface area contributed by atoms with Crippen LogP contribution >= 0.6 is 22.7 Å². The Labute approximate surface area is 253 Å². The predicted molar refractivity (Wildman–Crippen MR) is 170 cm³/mol. The molecule has 0 saturated heterocycles. The summed E-state index contributed by atoms with van der Waals surface area (Å²) in [6.07, 6.45) is 4.52. The van der Waals surface area contributed by atoms with Gasteiger partial charge in [0.2, 0.25) is 22.1 Å². The molecule has 42 heavy (non-hydrogen) atoms. The van der Waals surface area contributed by atoms with Crippen molar-refractivity contribution < 1.29 is 9.59 Å². The maximum atomic E-state index is 12.7. The van der Waals surface area contributed by atoms with Gasteiger partial charge in [0.25, 0.3) is 0 Å². The second kappa shape index (κ2) is 14.3. The van der Waals surface area contributed by atoms with Crippen molar-refractivity contribution in [2.75, 3.05) is 34.4 Å². The maximum Gasteiger partial charge on any atom is 0.230 e. The Morgan fingerprint density at radius 1 is 0.738 bits per heavy atom. The molecule has 2 atom stereocenters. The summed E-state index contributed by atoms with van der Waals surface area (Å²) in [5, 5.41) is 32.6. The van der Waals surface area contributed by atoms with Crippen molar-refractivity contribution in [2.24, 2.45) is 0 Å². The molecule has 1 aliphatic rings. The highest BCUT2D eigenvalue weighted by atomic mass is 32.1. The van der Waals surface area contributed by atoms with Gasteiger partial charge in [-0.05, 0) is 68.5 Å². The summed E-state index contributed by atoms with van der Waals surface area (Å²) < 4.78 is 0. The lowest BCUT2D eigenvalue weighted by Crippen LogP contribution is -2.14. The third-order valence-corrected chi connectivity index (χ3v) is 9.09. The molecule has 1 saturated carbocycles. The SMILES string of the molecule is CCNc1cccc(CC(=O)Nc2nnc(C3CCCC(c4nnc(NC(=O)Cc5cccc(NCC)c5)s4)C3)s2)c1. The average Bonchev–Trinajstić information content (AvgIpc) is 3.64. The van der Waals surface area contributed by atoms with Gasteiger partial charge in [-0.2, -0.15) is 0 Å². The molecular weight excluding hydrogens is 569 g/mol. The Kier molecular flexibility index (Phi) is 10.1. The molecule has 4 aromatic rings. The van der Waals surface area contributed by atoms with Gasteiger partial charge in [-0.1, -0.05) is 53.4 Å². The standard InChI is InChI=1S/C30H36N8O2S2/c1-3-31-23-12-5-8-19(14-23)16-25(39)33-29-37-35-27(41-29)21-10-7-11-22(18-21)28-36-38-30(42-28)34-26(40)17-20-9-6-13-24(15-20)32-4-2/h5-6,8-9,12-15,21-22,31-32H,3-4,7,10-11,16-18H2,1-2H3,(H,33,37,39)(H,34,38,40). The number of nitrogens with one attached hydrogen (secondary N) is 4. The largest absolute Gasteiger partial charge is 0.385 e. The van der Waals surface area contributed by atoms with Gasteiger partial charge >= 0.3 is 0 Å². The van der Waals surface area contributed by atoms with Crippen LogP contribution in [0.2, 0.25) is 0 Å². The summed E-state index contributed by atoms with van der Waals surface area (Å²) in [5.41, 5.74) is 3.89. The molecule has 5 rings (SSSR count). The van der Waals surface area contributed by atoms with Crippen LogP contribution in [-0.2, 0) is 22.4 Å². The zero-order valence-electron chi connectivity index (χ0n) is 23.9. The molecule has 2 aromatic heterocycles. The molecule has 10 nitrogen and oxygen atoms in total. The van der Waals surface area contributed by atoms with Crippen molar-refractivity contribution >= 4 is 56.1 Å². The fourth-order valence-corrected chi connectivity index (χ4v) is 7.04. The molecule has 0 bridgehead atoms. The van der Waals surface area contributed by atoms with Crippen molar-refractivity contribution in [3.8, 4) is 0 Å². The predicted octanol–water partition coefficient (Wildman–Crippen LogP) is 6.06. The zero-order chi connectivity index (χ0) is 29.3. The van der Waals surface area contributed by atoms with Crippen molar-refractivity contribution in [1.82, 2.24) is 20.4 Å². The van der Waals surface area contributed by atoms with Crippen molar-refractivity contribution in [1.29, 1.82) is 0 Å². The van der Waals surface area contributed by atoms with E-state index in [-0.39, 0.29) is 36.5 Å². The van der Waals surface area contributed by atoms with Crippen molar-refractivity contribution in [3.05, 3.63) is 69.7 Å². The Morgan fingerprint density at radius 2 is 1.21 bits per heavy atom. The molecule has 0 radical (unpaired) electrons. The molecule has 2 heterocycles. The lowest BCUT2D eigenvalue weighted by Gasteiger charge is -2.25. The third-order valence-electron chi connectivity index (χ3n) is 7.09. The van der Waals surface area contributed by atoms with E-state index in [2.05, 4.69) is 41.7 Å². The lowest BCUT2D eigenvalue weighted by molar-refractivity contribution is -0.116. The van der Waals surface area contributed by atoms with Crippen LogP contribution in [0.15, 0.2) is 48.5 Å². The molecule has 2 unspecified atom stereocenters. The van der Waals surface area contributed by atoms with Gasteiger partial charge in [-0.3, -0.25) is 9.59 Å². The third kappa shape index (κ3) is 8.10. The van der Waals surface area contributed by atoms with Crippen LogP contribution in [-0.4, -0.2) is 45.3 Å². The van der Waals surface area contributed by atoms with E-state index in [9.17, 15) is 9.59 Å². The van der Waals surface area contributed by atoms with E-state index in [0.29, 0.717) is 10.3 Å². The Balaban J connectivity index is 1.13. The fraction of sp³-hybridized carbons (Fsp3) is 0.400. The molecule has 1 fully saturated rings. The van der Waals surface area contributed by atoms with E-state index in [1.165, 1.54) is 22.7 Å². The summed E-state index contributed by atoms with van der Waals surface area (Å²) >= 11 is 2.89. The van der Waals surface area contributed by atoms with Gasteiger partial charge in [0, 0.05) is 36.3 Å². The highest BCUT2D eigenvalue weighted by molar-refractivity contribution is 7.15. The number of aromatic nitrogens is 4. The minimum atomic E-state index is -0.110. The van der Waals surface area contributed by atoms with Crippen LogP contribution in [0.5, 0.6) is 0 Å². The van der Waals surface area contributed by atoms with Gasteiger partial charge < -0.3 is 21.3 Å². The second-order valence-electron chi connectivity index (χ2n) is 10.4. The summed E-state index contributed by atoms with van der Waals surface area (Å²) in [4.78, 5) is 25.3. The van der Waals surface area contributed by atoms with Gasteiger partial charge in [0.05, 0.1) is 12.8 Å². The number of carbonyl (C=O) groups excluding carboxylic acids is 2. The quantitative estimate of drug-likeness (QED) is 0.153. The fourth-order valence-electron chi connectivity index (χ4n) is 5.23. The van der Waals surface area contributed by atoms with Crippen LogP contribution in [0, 0.1) is 0 Å². The van der Waals surface area contributed by atoms with Gasteiger partial charge in [0.15, 0.2) is 0 Å². The number of hydrogen-bond donors (Lipinski definition) is 4. The topological polar surface area (TPSA) is 134 Å². The Bertz CT molecular complexity index is 1390. The first kappa shape index (κ1) is 29.6. The zero-order valence-corrected chi connectivity index (χ0v) is 25.5. The molecule has 0 aliphatic heterocycles. The van der Waals surface area contributed by atoms with E-state index in [4.69, 9.17) is 0 Å². The van der Waals surface area contributed by atoms with Crippen LogP contribution in [0.3, 0.4) is 0 Å². The second-order valence-corrected chi connectivity index (χ2v) is 12.4. The van der Waals surface area contributed by atoms with Gasteiger partial charge in [-0.25, -0.2) is 0 Å². The van der Waals surface area contributed by atoms with Gasteiger partial charge in [-0.15, -0.1) is 20.4 Å². The number of nitrogens with zero attached hydrogens (tertiary/aromatic N) is 4. The number of anilines is 4.